The lowest BCUT2D eigenvalue weighted by Gasteiger charge is -2.14. The minimum Gasteiger partial charge on any atom is -0.454 e. The molecule has 1 aromatic heterocycles. The standard InChI is InChI=1S/C42H27NO/c1-2-10-29-25-31(18-17-27(29)9-1)34-24-23-33(36-13-5-6-14-37(34)36)28-19-21-32(22-20-28)43-39-26-30-11-3-4-12-35(30)41-38-15-7-8-16-40(38)44-42(39)41/h1-26,43H. The Hall–Kier alpha value is -5.86. The van der Waals surface area contributed by atoms with Gasteiger partial charge in [-0.15, -0.1) is 0 Å². The highest BCUT2D eigenvalue weighted by Gasteiger charge is 2.15. The van der Waals surface area contributed by atoms with Crippen molar-refractivity contribution in [2.75, 3.05) is 5.32 Å². The van der Waals surface area contributed by atoms with Crippen LogP contribution in [0.4, 0.5) is 11.4 Å². The average molecular weight is 562 g/mol. The van der Waals surface area contributed by atoms with Gasteiger partial charge in [-0.25, -0.2) is 0 Å². The Morgan fingerprint density at radius 3 is 1.77 bits per heavy atom. The molecule has 206 valence electrons. The molecule has 0 saturated heterocycles. The maximum atomic E-state index is 6.41. The molecule has 0 amide bonds. The van der Waals surface area contributed by atoms with E-state index in [0.717, 1.165) is 33.3 Å². The third kappa shape index (κ3) is 3.96. The lowest BCUT2D eigenvalue weighted by Crippen LogP contribution is -1.92. The lowest BCUT2D eigenvalue weighted by atomic mass is 9.91. The van der Waals surface area contributed by atoms with Crippen LogP contribution in [0.5, 0.6) is 0 Å². The predicted octanol–water partition coefficient (Wildman–Crippen LogP) is 12.1. The predicted molar refractivity (Wildman–Crippen MR) is 187 cm³/mol. The van der Waals surface area contributed by atoms with Crippen molar-refractivity contribution in [1.29, 1.82) is 0 Å². The van der Waals surface area contributed by atoms with Crippen molar-refractivity contribution in [2.24, 2.45) is 0 Å². The highest BCUT2D eigenvalue weighted by Crippen LogP contribution is 2.41. The molecule has 44 heavy (non-hydrogen) atoms. The summed E-state index contributed by atoms with van der Waals surface area (Å²) in [7, 11) is 0. The summed E-state index contributed by atoms with van der Waals surface area (Å²) in [4.78, 5) is 0. The van der Waals surface area contributed by atoms with Crippen LogP contribution in [0.1, 0.15) is 0 Å². The van der Waals surface area contributed by atoms with E-state index in [4.69, 9.17) is 4.42 Å². The number of hydrogen-bond acceptors (Lipinski definition) is 2. The van der Waals surface area contributed by atoms with Crippen LogP contribution in [0.15, 0.2) is 162 Å². The van der Waals surface area contributed by atoms with Crippen LogP contribution in [-0.4, -0.2) is 0 Å². The SMILES string of the molecule is c1ccc2cc(-c3ccc(-c4ccc(Nc5cc6ccccc6c6c5oc5ccccc56)cc4)c4ccccc34)ccc2c1. The minimum atomic E-state index is 0.879. The molecule has 0 aliphatic heterocycles. The van der Waals surface area contributed by atoms with E-state index < -0.39 is 0 Å². The van der Waals surface area contributed by atoms with E-state index in [9.17, 15) is 0 Å². The average Bonchev–Trinajstić information content (AvgIpc) is 3.49. The van der Waals surface area contributed by atoms with Gasteiger partial charge in [-0.2, -0.15) is 0 Å². The van der Waals surface area contributed by atoms with Gasteiger partial charge in [0.2, 0.25) is 0 Å². The van der Waals surface area contributed by atoms with E-state index in [1.165, 1.54) is 54.6 Å². The Balaban J connectivity index is 1.11. The van der Waals surface area contributed by atoms with Gasteiger partial charge in [-0.1, -0.05) is 127 Å². The van der Waals surface area contributed by atoms with Crippen molar-refractivity contribution in [2.45, 2.75) is 0 Å². The molecule has 9 rings (SSSR count). The van der Waals surface area contributed by atoms with E-state index in [1.54, 1.807) is 0 Å². The molecular weight excluding hydrogens is 534 g/mol. The lowest BCUT2D eigenvalue weighted by molar-refractivity contribution is 0.670. The summed E-state index contributed by atoms with van der Waals surface area (Å²) in [6.45, 7) is 0. The summed E-state index contributed by atoms with van der Waals surface area (Å²) < 4.78 is 6.41. The summed E-state index contributed by atoms with van der Waals surface area (Å²) in [6, 6.07) is 56.2. The first-order chi connectivity index (χ1) is 21.8. The number of fused-ring (bicyclic) bond motifs is 7. The number of hydrogen-bond donors (Lipinski definition) is 1. The third-order valence-electron chi connectivity index (χ3n) is 8.83. The van der Waals surface area contributed by atoms with E-state index in [2.05, 4.69) is 151 Å². The third-order valence-corrected chi connectivity index (χ3v) is 8.83. The minimum absolute atomic E-state index is 0.879. The Bertz CT molecular complexity index is 2520. The molecule has 0 saturated carbocycles. The molecule has 0 radical (unpaired) electrons. The fourth-order valence-electron chi connectivity index (χ4n) is 6.71. The maximum Gasteiger partial charge on any atom is 0.159 e. The summed E-state index contributed by atoms with van der Waals surface area (Å²) in [5, 5.41) is 13.4. The molecular formula is C42H27NO. The maximum absolute atomic E-state index is 6.41. The number of rotatable bonds is 4. The van der Waals surface area contributed by atoms with E-state index in [-0.39, 0.29) is 0 Å². The molecule has 0 unspecified atom stereocenters. The van der Waals surface area contributed by atoms with Crippen LogP contribution in [-0.2, 0) is 0 Å². The number of furan rings is 1. The van der Waals surface area contributed by atoms with Gasteiger partial charge in [0.05, 0.1) is 5.69 Å². The summed E-state index contributed by atoms with van der Waals surface area (Å²) in [6.07, 6.45) is 0. The summed E-state index contributed by atoms with van der Waals surface area (Å²) in [5.74, 6) is 0. The fourth-order valence-corrected chi connectivity index (χ4v) is 6.71. The number of anilines is 2. The van der Waals surface area contributed by atoms with Gasteiger partial charge in [0.25, 0.3) is 0 Å². The molecule has 9 aromatic rings. The molecule has 0 aliphatic rings. The van der Waals surface area contributed by atoms with Crippen LogP contribution in [0.25, 0.3) is 76.5 Å². The van der Waals surface area contributed by atoms with Crippen LogP contribution >= 0.6 is 0 Å². The van der Waals surface area contributed by atoms with Crippen LogP contribution < -0.4 is 5.32 Å². The zero-order valence-corrected chi connectivity index (χ0v) is 23.9. The van der Waals surface area contributed by atoms with Gasteiger partial charge in [0, 0.05) is 16.5 Å². The molecule has 0 fully saturated rings. The second kappa shape index (κ2) is 9.86. The topological polar surface area (TPSA) is 25.2 Å². The molecule has 0 aliphatic carbocycles. The summed E-state index contributed by atoms with van der Waals surface area (Å²) >= 11 is 0. The van der Waals surface area contributed by atoms with Crippen molar-refractivity contribution < 1.29 is 4.42 Å². The number of para-hydroxylation sites is 1. The van der Waals surface area contributed by atoms with Crippen molar-refractivity contribution in [3.05, 3.63) is 158 Å². The molecule has 2 nitrogen and oxygen atoms in total. The quantitative estimate of drug-likeness (QED) is 0.231. The first-order valence-electron chi connectivity index (χ1n) is 15.0. The van der Waals surface area contributed by atoms with Gasteiger partial charge < -0.3 is 9.73 Å². The van der Waals surface area contributed by atoms with Crippen molar-refractivity contribution in [1.82, 2.24) is 0 Å². The Kier molecular flexibility index (Phi) is 5.54. The van der Waals surface area contributed by atoms with E-state index >= 15 is 0 Å². The molecule has 8 aromatic carbocycles. The molecule has 1 N–H and O–H groups in total. The van der Waals surface area contributed by atoms with Crippen molar-refractivity contribution >= 4 is 65.6 Å². The Morgan fingerprint density at radius 1 is 0.409 bits per heavy atom. The van der Waals surface area contributed by atoms with E-state index in [1.807, 2.05) is 12.1 Å². The zero-order chi connectivity index (χ0) is 29.0. The van der Waals surface area contributed by atoms with E-state index in [0.29, 0.717) is 0 Å². The fraction of sp³-hybridized carbons (Fsp3) is 0. The number of benzene rings is 8. The monoisotopic (exact) mass is 561 g/mol. The molecule has 0 bridgehead atoms. The van der Waals surface area contributed by atoms with Gasteiger partial charge in [-0.05, 0) is 84.9 Å². The number of nitrogens with one attached hydrogen (secondary N) is 1. The zero-order valence-electron chi connectivity index (χ0n) is 23.9. The molecule has 1 heterocycles. The van der Waals surface area contributed by atoms with Crippen LogP contribution in [0, 0.1) is 0 Å². The Morgan fingerprint density at radius 2 is 1.00 bits per heavy atom. The van der Waals surface area contributed by atoms with Crippen LogP contribution in [0.2, 0.25) is 0 Å². The highest BCUT2D eigenvalue weighted by atomic mass is 16.3. The second-order valence-electron chi connectivity index (χ2n) is 11.4. The van der Waals surface area contributed by atoms with Gasteiger partial charge in [0.15, 0.2) is 5.58 Å². The Labute approximate surface area is 254 Å². The first kappa shape index (κ1) is 24.7. The normalized spacial score (nSPS) is 11.6. The van der Waals surface area contributed by atoms with Gasteiger partial charge in [-0.3, -0.25) is 0 Å². The van der Waals surface area contributed by atoms with Gasteiger partial charge in [0.1, 0.15) is 5.58 Å². The van der Waals surface area contributed by atoms with Crippen LogP contribution in [0.3, 0.4) is 0 Å². The van der Waals surface area contributed by atoms with Gasteiger partial charge >= 0.3 is 0 Å². The first-order valence-corrected chi connectivity index (χ1v) is 15.0. The molecule has 0 atom stereocenters. The highest BCUT2D eigenvalue weighted by molar-refractivity contribution is 6.22. The molecule has 0 spiro atoms. The van der Waals surface area contributed by atoms with Crippen molar-refractivity contribution in [3.63, 3.8) is 0 Å². The molecule has 2 heteroatoms. The second-order valence-corrected chi connectivity index (χ2v) is 11.4. The summed E-state index contributed by atoms with van der Waals surface area (Å²) in [5.41, 5.74) is 8.65. The smallest absolute Gasteiger partial charge is 0.159 e. The van der Waals surface area contributed by atoms with Crippen molar-refractivity contribution in [3.8, 4) is 22.3 Å². The largest absolute Gasteiger partial charge is 0.454 e.